The van der Waals surface area contributed by atoms with Gasteiger partial charge in [-0.15, -0.1) is 0 Å². The first-order valence-electron chi connectivity index (χ1n) is 11.1. The molecule has 0 saturated carbocycles. The van der Waals surface area contributed by atoms with Crippen molar-refractivity contribution in [3.8, 4) is 0 Å². The first-order valence-corrected chi connectivity index (χ1v) is 11.1. The predicted octanol–water partition coefficient (Wildman–Crippen LogP) is 1.63. The highest BCUT2D eigenvalue weighted by molar-refractivity contribution is 5.80. The number of amides is 1. The second kappa shape index (κ2) is 10.8. The number of rotatable bonds is 7. The second-order valence-electron chi connectivity index (χ2n) is 8.70. The fraction of sp³-hybridized carbons (Fsp3) is 0.652. The van der Waals surface area contributed by atoms with Gasteiger partial charge in [-0.25, -0.2) is 0 Å². The van der Waals surface area contributed by atoms with Gasteiger partial charge in [0.1, 0.15) is 0 Å². The van der Waals surface area contributed by atoms with Crippen molar-refractivity contribution < 1.29 is 9.53 Å². The zero-order valence-corrected chi connectivity index (χ0v) is 18.7. The summed E-state index contributed by atoms with van der Waals surface area (Å²) in [5, 5.41) is 6.77. The number of guanidine groups is 1. The molecular formula is C23H37N5O2. The van der Waals surface area contributed by atoms with Gasteiger partial charge in [0.05, 0.1) is 13.2 Å². The first kappa shape index (κ1) is 22.6. The number of benzene rings is 1. The van der Waals surface area contributed by atoms with Crippen LogP contribution in [0.4, 0.5) is 0 Å². The Hall–Kier alpha value is -2.12. The first-order chi connectivity index (χ1) is 14.5. The number of carbonyl (C=O) groups excluding carboxylic acids is 1. The number of fused-ring (bicyclic) bond motifs is 1. The van der Waals surface area contributed by atoms with E-state index in [0.717, 1.165) is 71.3 Å². The van der Waals surface area contributed by atoms with E-state index in [4.69, 9.17) is 4.74 Å². The number of morpholine rings is 1. The average Bonchev–Trinajstić information content (AvgIpc) is 2.78. The van der Waals surface area contributed by atoms with E-state index in [1.54, 1.807) is 7.05 Å². The molecule has 2 N–H and O–H groups in total. The molecule has 1 fully saturated rings. The van der Waals surface area contributed by atoms with Crippen LogP contribution in [0.25, 0.3) is 0 Å². The zero-order chi connectivity index (χ0) is 21.4. The third-order valence-electron chi connectivity index (χ3n) is 6.12. The Morgan fingerprint density at radius 1 is 1.13 bits per heavy atom. The van der Waals surface area contributed by atoms with Gasteiger partial charge in [0.25, 0.3) is 0 Å². The molecule has 0 radical (unpaired) electrons. The molecule has 1 aromatic rings. The van der Waals surface area contributed by atoms with Gasteiger partial charge in [0, 0.05) is 58.3 Å². The van der Waals surface area contributed by atoms with E-state index in [9.17, 15) is 4.79 Å². The number of nitrogens with zero attached hydrogens (tertiary/aromatic N) is 3. The molecule has 1 amide bonds. The van der Waals surface area contributed by atoms with Crippen molar-refractivity contribution in [2.24, 2.45) is 4.99 Å². The van der Waals surface area contributed by atoms with E-state index in [0.29, 0.717) is 6.42 Å². The van der Waals surface area contributed by atoms with Crippen molar-refractivity contribution in [1.29, 1.82) is 0 Å². The van der Waals surface area contributed by atoms with Gasteiger partial charge < -0.3 is 20.3 Å². The smallest absolute Gasteiger partial charge is 0.222 e. The van der Waals surface area contributed by atoms with E-state index >= 15 is 0 Å². The standard InChI is InChI=1S/C23H37N5O2/c1-23(2,28-13-15-30-16-14-28)18-26-22(24-3)25-11-6-9-21(29)27-12-10-19-7-4-5-8-20(19)17-27/h4-5,7-8H,6,9-18H2,1-3H3,(H2,24,25,26). The minimum Gasteiger partial charge on any atom is -0.379 e. The van der Waals surface area contributed by atoms with Gasteiger partial charge in [-0.3, -0.25) is 14.7 Å². The third kappa shape index (κ3) is 6.19. The van der Waals surface area contributed by atoms with Gasteiger partial charge in [-0.05, 0) is 37.8 Å². The van der Waals surface area contributed by atoms with Crippen molar-refractivity contribution in [1.82, 2.24) is 20.4 Å². The average molecular weight is 416 g/mol. The summed E-state index contributed by atoms with van der Waals surface area (Å²) in [6.45, 7) is 11.1. The normalized spacial score (nSPS) is 18.1. The van der Waals surface area contributed by atoms with E-state index in [1.165, 1.54) is 11.1 Å². The molecule has 1 aromatic carbocycles. The van der Waals surface area contributed by atoms with E-state index in [-0.39, 0.29) is 11.4 Å². The van der Waals surface area contributed by atoms with Crippen LogP contribution >= 0.6 is 0 Å². The molecule has 0 spiro atoms. The molecule has 7 nitrogen and oxygen atoms in total. The summed E-state index contributed by atoms with van der Waals surface area (Å²) in [6, 6.07) is 8.42. The van der Waals surface area contributed by atoms with Crippen LogP contribution in [-0.2, 0) is 22.5 Å². The Morgan fingerprint density at radius 2 is 1.87 bits per heavy atom. The van der Waals surface area contributed by atoms with Crippen LogP contribution in [0.3, 0.4) is 0 Å². The molecule has 0 unspecified atom stereocenters. The largest absolute Gasteiger partial charge is 0.379 e. The monoisotopic (exact) mass is 415 g/mol. The summed E-state index contributed by atoms with van der Waals surface area (Å²) >= 11 is 0. The number of carbonyl (C=O) groups is 1. The summed E-state index contributed by atoms with van der Waals surface area (Å²) in [6.07, 6.45) is 2.31. The Bertz CT molecular complexity index is 728. The molecule has 30 heavy (non-hydrogen) atoms. The minimum atomic E-state index is 0.0297. The van der Waals surface area contributed by atoms with Crippen molar-refractivity contribution in [2.75, 3.05) is 53.0 Å². The number of nitrogens with one attached hydrogen (secondary N) is 2. The molecule has 0 atom stereocenters. The molecule has 0 aliphatic carbocycles. The van der Waals surface area contributed by atoms with E-state index < -0.39 is 0 Å². The lowest BCUT2D eigenvalue weighted by Crippen LogP contribution is -2.56. The molecule has 0 aromatic heterocycles. The van der Waals surface area contributed by atoms with Gasteiger partial charge >= 0.3 is 0 Å². The molecule has 1 saturated heterocycles. The minimum absolute atomic E-state index is 0.0297. The van der Waals surface area contributed by atoms with Crippen LogP contribution < -0.4 is 10.6 Å². The number of ether oxygens (including phenoxy) is 1. The number of hydrogen-bond donors (Lipinski definition) is 2. The van der Waals surface area contributed by atoms with Crippen LogP contribution in [0.15, 0.2) is 29.3 Å². The molecule has 2 heterocycles. The maximum absolute atomic E-state index is 12.6. The highest BCUT2D eigenvalue weighted by atomic mass is 16.5. The third-order valence-corrected chi connectivity index (χ3v) is 6.12. The van der Waals surface area contributed by atoms with Gasteiger partial charge in [-0.1, -0.05) is 24.3 Å². The van der Waals surface area contributed by atoms with Crippen LogP contribution in [0.2, 0.25) is 0 Å². The van der Waals surface area contributed by atoms with Crippen molar-refractivity contribution >= 4 is 11.9 Å². The lowest BCUT2D eigenvalue weighted by atomic mass is 9.99. The van der Waals surface area contributed by atoms with E-state index in [2.05, 4.69) is 58.6 Å². The Morgan fingerprint density at radius 3 is 2.60 bits per heavy atom. The van der Waals surface area contributed by atoms with Crippen molar-refractivity contribution in [3.63, 3.8) is 0 Å². The second-order valence-corrected chi connectivity index (χ2v) is 8.70. The Labute approximate surface area is 180 Å². The topological polar surface area (TPSA) is 69.2 Å². The highest BCUT2D eigenvalue weighted by Gasteiger charge is 2.28. The molecular weight excluding hydrogens is 378 g/mol. The van der Waals surface area contributed by atoms with Gasteiger partial charge in [-0.2, -0.15) is 0 Å². The summed E-state index contributed by atoms with van der Waals surface area (Å²) in [5.41, 5.74) is 2.68. The van der Waals surface area contributed by atoms with Crippen LogP contribution in [0.1, 0.15) is 37.8 Å². The van der Waals surface area contributed by atoms with Crippen LogP contribution in [0.5, 0.6) is 0 Å². The lowest BCUT2D eigenvalue weighted by Gasteiger charge is -2.41. The van der Waals surface area contributed by atoms with Crippen molar-refractivity contribution in [3.05, 3.63) is 35.4 Å². The Balaban J connectivity index is 1.35. The highest BCUT2D eigenvalue weighted by Crippen LogP contribution is 2.19. The Kier molecular flexibility index (Phi) is 8.10. The van der Waals surface area contributed by atoms with E-state index in [1.807, 2.05) is 4.90 Å². The predicted molar refractivity (Wildman–Crippen MR) is 121 cm³/mol. The molecule has 2 aliphatic rings. The zero-order valence-electron chi connectivity index (χ0n) is 18.7. The summed E-state index contributed by atoms with van der Waals surface area (Å²) in [5.74, 6) is 1.03. The maximum atomic E-state index is 12.6. The molecule has 7 heteroatoms. The maximum Gasteiger partial charge on any atom is 0.222 e. The molecule has 166 valence electrons. The van der Waals surface area contributed by atoms with Crippen LogP contribution in [0, 0.1) is 0 Å². The summed E-state index contributed by atoms with van der Waals surface area (Å²) in [4.78, 5) is 21.4. The molecule has 0 bridgehead atoms. The fourth-order valence-corrected chi connectivity index (χ4v) is 4.11. The molecule has 2 aliphatic heterocycles. The number of hydrogen-bond acceptors (Lipinski definition) is 4. The van der Waals surface area contributed by atoms with Gasteiger partial charge in [0.15, 0.2) is 5.96 Å². The van der Waals surface area contributed by atoms with Gasteiger partial charge in [0.2, 0.25) is 5.91 Å². The summed E-state index contributed by atoms with van der Waals surface area (Å²) in [7, 11) is 1.79. The lowest BCUT2D eigenvalue weighted by molar-refractivity contribution is -0.132. The SMILES string of the molecule is CN=C(NCCCC(=O)N1CCc2ccccc2C1)NCC(C)(C)N1CCOCC1. The van der Waals surface area contributed by atoms with Crippen molar-refractivity contribution in [2.45, 2.75) is 45.2 Å². The molecule has 3 rings (SSSR count). The quantitative estimate of drug-likeness (QED) is 0.402. The fourth-order valence-electron chi connectivity index (χ4n) is 4.11. The van der Waals surface area contributed by atoms with Crippen LogP contribution in [-0.4, -0.2) is 80.2 Å². The number of aliphatic imine (C=N–C) groups is 1. The summed E-state index contributed by atoms with van der Waals surface area (Å²) < 4.78 is 5.46.